The SMILES string of the molecule is CCCC(C)(NC(=O)c1cc(Cl)ncc1Cl)C(=O)OC. The van der Waals surface area contributed by atoms with Crippen molar-refractivity contribution in [1.29, 1.82) is 0 Å². The summed E-state index contributed by atoms with van der Waals surface area (Å²) < 4.78 is 4.73. The molecule has 0 spiro atoms. The summed E-state index contributed by atoms with van der Waals surface area (Å²) in [6, 6.07) is 1.35. The average Bonchev–Trinajstić information content (AvgIpc) is 2.40. The zero-order valence-electron chi connectivity index (χ0n) is 11.5. The van der Waals surface area contributed by atoms with Crippen LogP contribution in [0.1, 0.15) is 37.0 Å². The molecule has 1 amide bonds. The topological polar surface area (TPSA) is 68.3 Å². The number of nitrogens with zero attached hydrogens (tertiary/aromatic N) is 1. The van der Waals surface area contributed by atoms with Gasteiger partial charge in [0.05, 0.1) is 17.7 Å². The Balaban J connectivity index is 3.02. The Labute approximate surface area is 127 Å². The maximum Gasteiger partial charge on any atom is 0.331 e. The second-order valence-electron chi connectivity index (χ2n) is 4.51. The molecule has 20 heavy (non-hydrogen) atoms. The van der Waals surface area contributed by atoms with Gasteiger partial charge in [0.25, 0.3) is 5.91 Å². The monoisotopic (exact) mass is 318 g/mol. The largest absolute Gasteiger partial charge is 0.467 e. The van der Waals surface area contributed by atoms with E-state index < -0.39 is 17.4 Å². The summed E-state index contributed by atoms with van der Waals surface area (Å²) in [7, 11) is 1.28. The van der Waals surface area contributed by atoms with Crippen LogP contribution in [-0.2, 0) is 9.53 Å². The number of aromatic nitrogens is 1. The summed E-state index contributed by atoms with van der Waals surface area (Å²) in [5.41, 5.74) is -0.947. The van der Waals surface area contributed by atoms with Crippen molar-refractivity contribution >= 4 is 35.1 Å². The van der Waals surface area contributed by atoms with Gasteiger partial charge in [0.1, 0.15) is 10.7 Å². The van der Waals surface area contributed by atoms with Gasteiger partial charge in [-0.2, -0.15) is 0 Å². The summed E-state index contributed by atoms with van der Waals surface area (Å²) in [6.45, 7) is 3.51. The van der Waals surface area contributed by atoms with E-state index in [1.807, 2.05) is 6.92 Å². The predicted molar refractivity (Wildman–Crippen MR) is 77.1 cm³/mol. The van der Waals surface area contributed by atoms with Crippen LogP contribution in [0.25, 0.3) is 0 Å². The minimum atomic E-state index is -1.11. The fourth-order valence-electron chi connectivity index (χ4n) is 1.85. The summed E-state index contributed by atoms with van der Waals surface area (Å²) >= 11 is 11.7. The van der Waals surface area contributed by atoms with Gasteiger partial charge in [-0.3, -0.25) is 4.79 Å². The summed E-state index contributed by atoms with van der Waals surface area (Å²) in [6.07, 6.45) is 2.44. The number of pyridine rings is 1. The van der Waals surface area contributed by atoms with Crippen molar-refractivity contribution in [3.8, 4) is 0 Å². The van der Waals surface area contributed by atoms with E-state index >= 15 is 0 Å². The van der Waals surface area contributed by atoms with Crippen LogP contribution in [0.2, 0.25) is 10.2 Å². The molecular weight excluding hydrogens is 303 g/mol. The Morgan fingerprint density at radius 3 is 2.65 bits per heavy atom. The van der Waals surface area contributed by atoms with Crippen LogP contribution in [0.5, 0.6) is 0 Å². The molecule has 0 radical (unpaired) electrons. The molecule has 1 N–H and O–H groups in total. The van der Waals surface area contributed by atoms with Crippen LogP contribution in [0.15, 0.2) is 12.3 Å². The second kappa shape index (κ2) is 6.90. The van der Waals surface area contributed by atoms with E-state index in [2.05, 4.69) is 10.3 Å². The van der Waals surface area contributed by atoms with Crippen LogP contribution in [0, 0.1) is 0 Å². The fourth-order valence-corrected chi connectivity index (χ4v) is 2.19. The summed E-state index contributed by atoms with van der Waals surface area (Å²) in [4.78, 5) is 27.8. The molecule has 0 bridgehead atoms. The number of carbonyl (C=O) groups is 2. The number of hydrogen-bond donors (Lipinski definition) is 1. The van der Waals surface area contributed by atoms with Gasteiger partial charge in [-0.05, 0) is 19.4 Å². The first-order chi connectivity index (χ1) is 9.34. The van der Waals surface area contributed by atoms with E-state index in [-0.39, 0.29) is 15.7 Å². The maximum atomic E-state index is 12.2. The molecule has 1 aromatic heterocycles. The van der Waals surface area contributed by atoms with Gasteiger partial charge in [0.2, 0.25) is 0 Å². The smallest absolute Gasteiger partial charge is 0.331 e. The molecular formula is C13H16Cl2N2O3. The molecule has 0 saturated carbocycles. The minimum absolute atomic E-state index is 0.148. The lowest BCUT2D eigenvalue weighted by molar-refractivity contribution is -0.147. The second-order valence-corrected chi connectivity index (χ2v) is 5.31. The number of rotatable bonds is 5. The third kappa shape index (κ3) is 3.84. The highest BCUT2D eigenvalue weighted by Crippen LogP contribution is 2.21. The highest BCUT2D eigenvalue weighted by Gasteiger charge is 2.35. The standard InChI is InChI=1S/C13H16Cl2N2O3/c1-4-5-13(2,12(19)20-3)17-11(18)8-6-10(15)16-7-9(8)14/h6-7H,4-5H2,1-3H3,(H,17,18). The predicted octanol–water partition coefficient (Wildman–Crippen LogP) is 2.85. The van der Waals surface area contributed by atoms with Crippen molar-refractivity contribution in [2.75, 3.05) is 7.11 Å². The number of esters is 1. The molecule has 0 aromatic carbocycles. The van der Waals surface area contributed by atoms with E-state index in [1.54, 1.807) is 6.92 Å². The average molecular weight is 319 g/mol. The molecule has 5 nitrogen and oxygen atoms in total. The first kappa shape index (κ1) is 16.7. The zero-order chi connectivity index (χ0) is 15.3. The number of methoxy groups -OCH3 is 1. The normalized spacial score (nSPS) is 13.4. The molecule has 1 heterocycles. The van der Waals surface area contributed by atoms with Crippen LogP contribution < -0.4 is 5.32 Å². The number of halogens is 2. The van der Waals surface area contributed by atoms with Crippen molar-refractivity contribution < 1.29 is 14.3 Å². The van der Waals surface area contributed by atoms with Gasteiger partial charge in [0.15, 0.2) is 0 Å². The molecule has 0 saturated heterocycles. The lowest BCUT2D eigenvalue weighted by atomic mass is 9.95. The van der Waals surface area contributed by atoms with Gasteiger partial charge in [-0.1, -0.05) is 36.5 Å². The Morgan fingerprint density at radius 2 is 2.10 bits per heavy atom. The molecule has 1 unspecified atom stereocenters. The minimum Gasteiger partial charge on any atom is -0.467 e. The van der Waals surface area contributed by atoms with Crippen molar-refractivity contribution in [2.45, 2.75) is 32.2 Å². The van der Waals surface area contributed by atoms with Crippen molar-refractivity contribution in [3.63, 3.8) is 0 Å². The van der Waals surface area contributed by atoms with Crippen LogP contribution >= 0.6 is 23.2 Å². The van der Waals surface area contributed by atoms with Crippen LogP contribution in [0.4, 0.5) is 0 Å². The molecule has 0 aliphatic carbocycles. The Bertz CT molecular complexity index is 522. The van der Waals surface area contributed by atoms with E-state index in [1.165, 1.54) is 19.4 Å². The molecule has 0 aliphatic rings. The number of hydrogen-bond acceptors (Lipinski definition) is 4. The number of carbonyl (C=O) groups excluding carboxylic acids is 2. The summed E-state index contributed by atoms with van der Waals surface area (Å²) in [5, 5.41) is 2.96. The highest BCUT2D eigenvalue weighted by atomic mass is 35.5. The maximum absolute atomic E-state index is 12.2. The third-order valence-corrected chi connectivity index (χ3v) is 3.35. The molecule has 1 aromatic rings. The Kier molecular flexibility index (Phi) is 5.77. The third-order valence-electron chi connectivity index (χ3n) is 2.84. The van der Waals surface area contributed by atoms with E-state index in [0.717, 1.165) is 0 Å². The Morgan fingerprint density at radius 1 is 1.45 bits per heavy atom. The Hall–Kier alpha value is -1.33. The lowest BCUT2D eigenvalue weighted by Crippen LogP contribution is -2.52. The first-order valence-corrected chi connectivity index (χ1v) is 6.81. The van der Waals surface area contributed by atoms with Gasteiger partial charge in [0, 0.05) is 6.20 Å². The van der Waals surface area contributed by atoms with E-state index in [4.69, 9.17) is 27.9 Å². The fraction of sp³-hybridized carbons (Fsp3) is 0.462. The van der Waals surface area contributed by atoms with Crippen molar-refractivity contribution in [1.82, 2.24) is 10.3 Å². The van der Waals surface area contributed by atoms with Crippen molar-refractivity contribution in [3.05, 3.63) is 28.0 Å². The molecule has 1 rings (SSSR count). The molecule has 0 aliphatic heterocycles. The molecule has 0 fully saturated rings. The van der Waals surface area contributed by atoms with Gasteiger partial charge in [-0.25, -0.2) is 9.78 Å². The molecule has 1 atom stereocenters. The molecule has 7 heteroatoms. The lowest BCUT2D eigenvalue weighted by Gasteiger charge is -2.27. The quantitative estimate of drug-likeness (QED) is 0.669. The van der Waals surface area contributed by atoms with Gasteiger partial charge < -0.3 is 10.1 Å². The van der Waals surface area contributed by atoms with Crippen molar-refractivity contribution in [2.24, 2.45) is 0 Å². The first-order valence-electron chi connectivity index (χ1n) is 6.06. The van der Waals surface area contributed by atoms with Crippen LogP contribution in [0.3, 0.4) is 0 Å². The number of nitrogens with one attached hydrogen (secondary N) is 1. The number of ether oxygens (including phenoxy) is 1. The highest BCUT2D eigenvalue weighted by molar-refractivity contribution is 6.35. The summed E-state index contributed by atoms with van der Waals surface area (Å²) in [5.74, 6) is -1.01. The van der Waals surface area contributed by atoms with Gasteiger partial charge >= 0.3 is 5.97 Å². The zero-order valence-corrected chi connectivity index (χ0v) is 13.0. The van der Waals surface area contributed by atoms with Gasteiger partial charge in [-0.15, -0.1) is 0 Å². The number of amides is 1. The van der Waals surface area contributed by atoms with E-state index in [9.17, 15) is 9.59 Å². The molecule has 110 valence electrons. The van der Waals surface area contributed by atoms with Crippen LogP contribution in [-0.4, -0.2) is 29.5 Å². The van der Waals surface area contributed by atoms with E-state index in [0.29, 0.717) is 12.8 Å².